The summed E-state index contributed by atoms with van der Waals surface area (Å²) in [6.45, 7) is 2.07. The predicted octanol–water partition coefficient (Wildman–Crippen LogP) is 3.14. The molecule has 0 amide bonds. The van der Waals surface area contributed by atoms with Crippen LogP contribution < -0.4 is 0 Å². The molecule has 0 saturated carbocycles. The number of thiol groups is 1. The lowest BCUT2D eigenvalue weighted by Crippen LogP contribution is -1.70. The molecular weight excluding hydrogens is 202 g/mol. The second kappa shape index (κ2) is 3.55. The van der Waals surface area contributed by atoms with Crippen LogP contribution >= 0.6 is 24.0 Å². The number of thiophene rings is 1. The molecule has 0 radical (unpaired) electrons. The van der Waals surface area contributed by atoms with Crippen LogP contribution in [0.1, 0.15) is 10.6 Å². The summed E-state index contributed by atoms with van der Waals surface area (Å²) in [6, 6.07) is 6.05. The zero-order valence-electron chi connectivity index (χ0n) is 7.15. The molecule has 4 heteroatoms. The van der Waals surface area contributed by atoms with Gasteiger partial charge in [0.15, 0.2) is 5.76 Å². The number of aryl methyl sites for hydroxylation is 1. The van der Waals surface area contributed by atoms with E-state index in [1.54, 1.807) is 11.3 Å². The Hall–Kier alpha value is -0.740. The average molecular weight is 211 g/mol. The van der Waals surface area contributed by atoms with Crippen molar-refractivity contribution >= 4 is 24.0 Å². The SMILES string of the molecule is Cc1ccc(-c2cc(CS)no2)s1. The molecule has 2 heterocycles. The summed E-state index contributed by atoms with van der Waals surface area (Å²) in [5, 5.41) is 3.88. The van der Waals surface area contributed by atoms with Gasteiger partial charge in [-0.3, -0.25) is 0 Å². The largest absolute Gasteiger partial charge is 0.355 e. The first-order valence-electron chi connectivity index (χ1n) is 3.93. The topological polar surface area (TPSA) is 26.0 Å². The number of nitrogens with zero attached hydrogens (tertiary/aromatic N) is 1. The molecule has 0 N–H and O–H groups in total. The molecule has 0 aromatic carbocycles. The van der Waals surface area contributed by atoms with Crippen molar-refractivity contribution in [2.24, 2.45) is 0 Å². The number of aromatic nitrogens is 1. The molecule has 0 spiro atoms. The zero-order chi connectivity index (χ0) is 9.26. The fraction of sp³-hybridized carbons (Fsp3) is 0.222. The Morgan fingerprint density at radius 1 is 1.54 bits per heavy atom. The summed E-state index contributed by atoms with van der Waals surface area (Å²) < 4.78 is 5.17. The van der Waals surface area contributed by atoms with Crippen LogP contribution in [0.25, 0.3) is 10.6 Å². The van der Waals surface area contributed by atoms with E-state index < -0.39 is 0 Å². The predicted molar refractivity (Wildman–Crippen MR) is 57.2 cm³/mol. The lowest BCUT2D eigenvalue weighted by Gasteiger charge is -1.84. The Morgan fingerprint density at radius 3 is 2.92 bits per heavy atom. The van der Waals surface area contributed by atoms with Gasteiger partial charge in [-0.1, -0.05) is 5.16 Å². The van der Waals surface area contributed by atoms with Crippen molar-refractivity contribution in [3.8, 4) is 10.6 Å². The van der Waals surface area contributed by atoms with Crippen LogP contribution in [-0.2, 0) is 5.75 Å². The molecule has 0 unspecified atom stereocenters. The van der Waals surface area contributed by atoms with Crippen molar-refractivity contribution in [1.82, 2.24) is 5.16 Å². The number of hydrogen-bond donors (Lipinski definition) is 1. The van der Waals surface area contributed by atoms with E-state index in [2.05, 4.69) is 30.8 Å². The van der Waals surface area contributed by atoms with Crippen LogP contribution in [0, 0.1) is 6.92 Å². The number of rotatable bonds is 2. The Bertz CT molecular complexity index is 405. The van der Waals surface area contributed by atoms with Gasteiger partial charge in [-0.2, -0.15) is 12.6 Å². The van der Waals surface area contributed by atoms with Crippen molar-refractivity contribution in [1.29, 1.82) is 0 Å². The molecule has 0 aliphatic heterocycles. The molecule has 0 atom stereocenters. The second-order valence-electron chi connectivity index (χ2n) is 2.75. The van der Waals surface area contributed by atoms with E-state index in [9.17, 15) is 0 Å². The van der Waals surface area contributed by atoms with E-state index in [0.29, 0.717) is 5.75 Å². The van der Waals surface area contributed by atoms with Crippen molar-refractivity contribution in [2.45, 2.75) is 12.7 Å². The summed E-state index contributed by atoms with van der Waals surface area (Å²) in [4.78, 5) is 2.40. The third kappa shape index (κ3) is 1.78. The van der Waals surface area contributed by atoms with E-state index in [1.807, 2.05) is 12.1 Å². The maximum Gasteiger partial charge on any atom is 0.177 e. The Labute approximate surface area is 86.0 Å². The lowest BCUT2D eigenvalue weighted by atomic mass is 10.3. The van der Waals surface area contributed by atoms with Crippen LogP contribution in [0.5, 0.6) is 0 Å². The van der Waals surface area contributed by atoms with Crippen LogP contribution in [-0.4, -0.2) is 5.16 Å². The van der Waals surface area contributed by atoms with Gasteiger partial charge in [-0.25, -0.2) is 0 Å². The number of hydrogen-bond acceptors (Lipinski definition) is 4. The average Bonchev–Trinajstić information content (AvgIpc) is 2.71. The van der Waals surface area contributed by atoms with Gasteiger partial charge in [0.2, 0.25) is 0 Å². The van der Waals surface area contributed by atoms with Crippen LogP contribution in [0.2, 0.25) is 0 Å². The van der Waals surface area contributed by atoms with Gasteiger partial charge in [0.05, 0.1) is 10.6 Å². The normalized spacial score (nSPS) is 10.6. The molecule has 13 heavy (non-hydrogen) atoms. The van der Waals surface area contributed by atoms with Gasteiger partial charge in [-0.15, -0.1) is 11.3 Å². The van der Waals surface area contributed by atoms with Gasteiger partial charge in [-0.05, 0) is 19.1 Å². The lowest BCUT2D eigenvalue weighted by molar-refractivity contribution is 0.427. The fourth-order valence-electron chi connectivity index (χ4n) is 1.07. The van der Waals surface area contributed by atoms with Crippen LogP contribution in [0.15, 0.2) is 22.7 Å². The molecule has 2 rings (SSSR count). The molecule has 0 saturated heterocycles. The molecule has 0 aliphatic carbocycles. The molecule has 2 aromatic rings. The summed E-state index contributed by atoms with van der Waals surface area (Å²) in [5.41, 5.74) is 0.879. The van der Waals surface area contributed by atoms with Crippen LogP contribution in [0.3, 0.4) is 0 Å². The minimum Gasteiger partial charge on any atom is -0.355 e. The maximum absolute atomic E-state index is 5.17. The third-order valence-corrected chi connectivity index (χ3v) is 3.04. The van der Waals surface area contributed by atoms with Gasteiger partial charge in [0.25, 0.3) is 0 Å². The summed E-state index contributed by atoms with van der Waals surface area (Å²) in [6.07, 6.45) is 0. The first kappa shape index (κ1) is 8.84. The Balaban J connectivity index is 2.35. The van der Waals surface area contributed by atoms with Crippen molar-refractivity contribution in [3.05, 3.63) is 28.8 Å². The third-order valence-electron chi connectivity index (χ3n) is 1.70. The monoisotopic (exact) mass is 211 g/mol. The van der Waals surface area contributed by atoms with Gasteiger partial charge in [0.1, 0.15) is 0 Å². The van der Waals surface area contributed by atoms with E-state index >= 15 is 0 Å². The molecule has 68 valence electrons. The summed E-state index contributed by atoms with van der Waals surface area (Å²) in [5.74, 6) is 1.45. The quantitative estimate of drug-likeness (QED) is 0.772. The fourth-order valence-corrected chi connectivity index (χ4v) is 2.03. The molecule has 2 nitrogen and oxygen atoms in total. The highest BCUT2D eigenvalue weighted by Gasteiger charge is 2.06. The Kier molecular flexibility index (Phi) is 2.42. The summed E-state index contributed by atoms with van der Waals surface area (Å²) >= 11 is 5.83. The van der Waals surface area contributed by atoms with Gasteiger partial charge in [0, 0.05) is 16.7 Å². The minimum atomic E-state index is 0.619. The van der Waals surface area contributed by atoms with E-state index in [-0.39, 0.29) is 0 Å². The Morgan fingerprint density at radius 2 is 2.38 bits per heavy atom. The zero-order valence-corrected chi connectivity index (χ0v) is 8.86. The van der Waals surface area contributed by atoms with Gasteiger partial charge < -0.3 is 4.52 Å². The molecule has 0 aliphatic rings. The standard InChI is InChI=1S/C9H9NOS2/c1-6-2-3-9(13-6)8-4-7(5-12)10-11-8/h2-4,12H,5H2,1H3. The highest BCUT2D eigenvalue weighted by Crippen LogP contribution is 2.28. The van der Waals surface area contributed by atoms with Crippen molar-refractivity contribution in [2.75, 3.05) is 0 Å². The first-order valence-corrected chi connectivity index (χ1v) is 5.38. The van der Waals surface area contributed by atoms with E-state index in [0.717, 1.165) is 16.3 Å². The molecule has 0 fully saturated rings. The van der Waals surface area contributed by atoms with E-state index in [4.69, 9.17) is 4.52 Å². The van der Waals surface area contributed by atoms with E-state index in [1.165, 1.54) is 4.88 Å². The summed E-state index contributed by atoms with van der Waals surface area (Å²) in [7, 11) is 0. The highest BCUT2D eigenvalue weighted by atomic mass is 32.1. The molecule has 0 bridgehead atoms. The minimum absolute atomic E-state index is 0.619. The first-order chi connectivity index (χ1) is 6.29. The molecular formula is C9H9NOS2. The van der Waals surface area contributed by atoms with Gasteiger partial charge >= 0.3 is 0 Å². The van der Waals surface area contributed by atoms with Crippen LogP contribution in [0.4, 0.5) is 0 Å². The highest BCUT2D eigenvalue weighted by molar-refractivity contribution is 7.79. The van der Waals surface area contributed by atoms with Crippen molar-refractivity contribution < 1.29 is 4.52 Å². The van der Waals surface area contributed by atoms with Crippen molar-refractivity contribution in [3.63, 3.8) is 0 Å². The smallest absolute Gasteiger partial charge is 0.177 e. The maximum atomic E-state index is 5.17. The second-order valence-corrected chi connectivity index (χ2v) is 4.36. The molecule has 2 aromatic heterocycles.